The highest BCUT2D eigenvalue weighted by molar-refractivity contribution is 5.37. The molecule has 0 bridgehead atoms. The normalized spacial score (nSPS) is 16.9. The molecule has 2 nitrogen and oxygen atoms in total. The average molecular weight is 202 g/mol. The number of para-hydroxylation sites is 1. The third kappa shape index (κ3) is 1.95. The van der Waals surface area contributed by atoms with E-state index in [4.69, 9.17) is 4.74 Å². The molecule has 0 saturated heterocycles. The fourth-order valence-corrected chi connectivity index (χ4v) is 1.78. The van der Waals surface area contributed by atoms with Gasteiger partial charge >= 0.3 is 0 Å². The van der Waals surface area contributed by atoms with Crippen LogP contribution in [0, 0.1) is 5.92 Å². The number of rotatable bonds is 3. The summed E-state index contributed by atoms with van der Waals surface area (Å²) >= 11 is 0. The molecular weight excluding hydrogens is 188 g/mol. The molecule has 0 unspecified atom stereocenters. The van der Waals surface area contributed by atoms with Gasteiger partial charge in [-0.15, -0.1) is 0 Å². The summed E-state index contributed by atoms with van der Waals surface area (Å²) in [5.74, 6) is 0.792. The summed E-state index contributed by atoms with van der Waals surface area (Å²) in [4.78, 5) is 0. The van der Waals surface area contributed by atoms with Gasteiger partial charge < -0.3 is 9.84 Å². The van der Waals surface area contributed by atoms with Crippen molar-refractivity contribution in [3.8, 4) is 5.75 Å². The molecule has 78 valence electrons. The summed E-state index contributed by atoms with van der Waals surface area (Å²) in [5.41, 5.74) is 0.834. The highest BCUT2D eigenvalue weighted by Crippen LogP contribution is 2.32. The Bertz CT molecular complexity index is 381. The zero-order valence-electron chi connectivity index (χ0n) is 8.63. The van der Waals surface area contributed by atoms with E-state index < -0.39 is 6.10 Å². The molecule has 2 rings (SSSR count). The molecule has 1 aromatic rings. The molecule has 1 aliphatic carbocycles. The maximum atomic E-state index is 10.1. The molecule has 0 heterocycles. The van der Waals surface area contributed by atoms with Crippen LogP contribution in [0.2, 0.25) is 0 Å². The first-order chi connectivity index (χ1) is 7.33. The third-order valence-electron chi connectivity index (χ3n) is 2.60. The van der Waals surface area contributed by atoms with Crippen LogP contribution in [-0.4, -0.2) is 12.2 Å². The Labute approximate surface area is 89.5 Å². The Balaban J connectivity index is 2.28. The first-order valence-electron chi connectivity index (χ1n) is 4.99. The molecule has 0 aliphatic heterocycles. The molecule has 15 heavy (non-hydrogen) atoms. The highest BCUT2D eigenvalue weighted by atomic mass is 16.5. The molecular formula is C13H14O2. The van der Waals surface area contributed by atoms with Crippen LogP contribution in [0.15, 0.2) is 48.6 Å². The van der Waals surface area contributed by atoms with Crippen LogP contribution in [0.25, 0.3) is 0 Å². The molecule has 0 radical (unpaired) electrons. The predicted molar refractivity (Wildman–Crippen MR) is 59.7 cm³/mol. The standard InChI is InChI=1S/C13H14O2/c1-15-12-9-5-4-8-11(12)13(14)10-6-2-3-7-10/h2-10,13-14H,1H3/t13-/m1/s1. The minimum Gasteiger partial charge on any atom is -0.496 e. The highest BCUT2D eigenvalue weighted by Gasteiger charge is 2.20. The van der Waals surface area contributed by atoms with Gasteiger partial charge in [0.1, 0.15) is 5.75 Å². The van der Waals surface area contributed by atoms with Crippen LogP contribution in [0.5, 0.6) is 5.75 Å². The largest absolute Gasteiger partial charge is 0.496 e. The smallest absolute Gasteiger partial charge is 0.124 e. The van der Waals surface area contributed by atoms with E-state index in [0.717, 1.165) is 11.3 Å². The molecule has 0 spiro atoms. The number of allylic oxidation sites excluding steroid dienone is 2. The van der Waals surface area contributed by atoms with Crippen LogP contribution in [0.1, 0.15) is 11.7 Å². The molecule has 1 atom stereocenters. The van der Waals surface area contributed by atoms with Gasteiger partial charge in [-0.1, -0.05) is 42.5 Å². The quantitative estimate of drug-likeness (QED) is 0.815. The van der Waals surface area contributed by atoms with E-state index in [-0.39, 0.29) is 5.92 Å². The van der Waals surface area contributed by atoms with E-state index >= 15 is 0 Å². The second kappa shape index (κ2) is 4.32. The van der Waals surface area contributed by atoms with Gasteiger partial charge in [0.05, 0.1) is 13.2 Å². The number of aliphatic hydroxyl groups is 1. The van der Waals surface area contributed by atoms with Gasteiger partial charge in [-0.2, -0.15) is 0 Å². The van der Waals surface area contributed by atoms with Crippen molar-refractivity contribution in [2.75, 3.05) is 7.11 Å². The molecule has 1 aliphatic rings. The first kappa shape index (κ1) is 9.99. The van der Waals surface area contributed by atoms with Crippen LogP contribution < -0.4 is 4.74 Å². The number of hydrogen-bond donors (Lipinski definition) is 1. The Morgan fingerprint density at radius 1 is 1.20 bits per heavy atom. The third-order valence-corrected chi connectivity index (χ3v) is 2.60. The predicted octanol–water partition coefficient (Wildman–Crippen LogP) is 2.47. The summed E-state index contributed by atoms with van der Waals surface area (Å²) in [6.45, 7) is 0. The van der Waals surface area contributed by atoms with Crippen molar-refractivity contribution >= 4 is 0 Å². The van der Waals surface area contributed by atoms with Crippen molar-refractivity contribution in [2.24, 2.45) is 5.92 Å². The van der Waals surface area contributed by atoms with E-state index in [2.05, 4.69) is 0 Å². The molecule has 2 heteroatoms. The molecule has 0 fully saturated rings. The van der Waals surface area contributed by atoms with Crippen LogP contribution in [0.4, 0.5) is 0 Å². The van der Waals surface area contributed by atoms with Gasteiger partial charge in [-0.05, 0) is 6.07 Å². The van der Waals surface area contributed by atoms with Crippen LogP contribution in [-0.2, 0) is 0 Å². The van der Waals surface area contributed by atoms with Gasteiger partial charge in [0, 0.05) is 11.5 Å². The molecule has 0 aromatic heterocycles. The maximum absolute atomic E-state index is 10.1. The first-order valence-corrected chi connectivity index (χ1v) is 4.99. The lowest BCUT2D eigenvalue weighted by Gasteiger charge is -2.17. The Morgan fingerprint density at radius 3 is 2.53 bits per heavy atom. The SMILES string of the molecule is COc1ccccc1[C@H](O)C1C=CC=C1. The lowest BCUT2D eigenvalue weighted by Crippen LogP contribution is -2.08. The van der Waals surface area contributed by atoms with Crippen molar-refractivity contribution in [2.45, 2.75) is 6.10 Å². The van der Waals surface area contributed by atoms with Gasteiger partial charge in [0.25, 0.3) is 0 Å². The topological polar surface area (TPSA) is 29.5 Å². The zero-order valence-corrected chi connectivity index (χ0v) is 8.63. The zero-order chi connectivity index (χ0) is 10.7. The van der Waals surface area contributed by atoms with Crippen molar-refractivity contribution < 1.29 is 9.84 Å². The fraction of sp³-hybridized carbons (Fsp3) is 0.231. The van der Waals surface area contributed by atoms with Crippen LogP contribution >= 0.6 is 0 Å². The van der Waals surface area contributed by atoms with E-state index in [1.54, 1.807) is 7.11 Å². The van der Waals surface area contributed by atoms with Crippen molar-refractivity contribution in [3.63, 3.8) is 0 Å². The Kier molecular flexibility index (Phi) is 2.88. The lowest BCUT2D eigenvalue weighted by molar-refractivity contribution is 0.148. The molecule has 0 amide bonds. The van der Waals surface area contributed by atoms with E-state index in [0.29, 0.717) is 0 Å². The molecule has 0 saturated carbocycles. The van der Waals surface area contributed by atoms with E-state index in [1.807, 2.05) is 48.6 Å². The maximum Gasteiger partial charge on any atom is 0.124 e. The van der Waals surface area contributed by atoms with Gasteiger partial charge in [0.2, 0.25) is 0 Å². The Hall–Kier alpha value is -1.54. The van der Waals surface area contributed by atoms with Gasteiger partial charge in [-0.25, -0.2) is 0 Å². The second-order valence-electron chi connectivity index (χ2n) is 3.53. The average Bonchev–Trinajstić information content (AvgIpc) is 2.81. The van der Waals surface area contributed by atoms with Crippen LogP contribution in [0.3, 0.4) is 0 Å². The summed E-state index contributed by atoms with van der Waals surface area (Å²) in [7, 11) is 1.62. The number of hydrogen-bond acceptors (Lipinski definition) is 2. The van der Waals surface area contributed by atoms with Crippen molar-refractivity contribution in [3.05, 3.63) is 54.1 Å². The van der Waals surface area contributed by atoms with E-state index in [9.17, 15) is 5.11 Å². The van der Waals surface area contributed by atoms with Crippen molar-refractivity contribution in [1.82, 2.24) is 0 Å². The van der Waals surface area contributed by atoms with Gasteiger partial charge in [-0.3, -0.25) is 0 Å². The summed E-state index contributed by atoms with van der Waals surface area (Å²) in [6.07, 6.45) is 7.33. The van der Waals surface area contributed by atoms with Crippen molar-refractivity contribution in [1.29, 1.82) is 0 Å². The number of aliphatic hydroxyl groups excluding tert-OH is 1. The summed E-state index contributed by atoms with van der Waals surface area (Å²) in [5, 5.41) is 10.1. The monoisotopic (exact) mass is 202 g/mol. The lowest BCUT2D eigenvalue weighted by atomic mass is 9.96. The number of ether oxygens (including phenoxy) is 1. The Morgan fingerprint density at radius 2 is 1.87 bits per heavy atom. The summed E-state index contributed by atoms with van der Waals surface area (Å²) in [6, 6.07) is 7.56. The minimum atomic E-state index is -0.531. The van der Waals surface area contributed by atoms with Gasteiger partial charge in [0.15, 0.2) is 0 Å². The minimum absolute atomic E-state index is 0.0568. The number of benzene rings is 1. The fourth-order valence-electron chi connectivity index (χ4n) is 1.78. The molecule has 1 aromatic carbocycles. The van der Waals surface area contributed by atoms with E-state index in [1.165, 1.54) is 0 Å². The number of methoxy groups -OCH3 is 1. The summed E-state index contributed by atoms with van der Waals surface area (Å²) < 4.78 is 5.22. The second-order valence-corrected chi connectivity index (χ2v) is 3.53. The molecule has 1 N–H and O–H groups in total.